The molecule has 1 unspecified atom stereocenters. The van der Waals surface area contributed by atoms with Crippen LogP contribution in [0.4, 0.5) is 0 Å². The highest BCUT2D eigenvalue weighted by Crippen LogP contribution is 2.18. The molecular weight excluding hydrogens is 310 g/mol. The van der Waals surface area contributed by atoms with Gasteiger partial charge in [0.05, 0.1) is 5.57 Å². The highest BCUT2D eigenvalue weighted by atomic mass is 35.5. The van der Waals surface area contributed by atoms with E-state index in [1.54, 1.807) is 19.1 Å². The van der Waals surface area contributed by atoms with Crippen LogP contribution in [0.2, 0.25) is 0 Å². The van der Waals surface area contributed by atoms with Crippen molar-refractivity contribution < 1.29 is 9.59 Å². The Morgan fingerprint density at radius 1 is 1.22 bits per heavy atom. The second kappa shape index (κ2) is 11.0. The Morgan fingerprint density at radius 2 is 1.83 bits per heavy atom. The van der Waals surface area contributed by atoms with Gasteiger partial charge < -0.3 is 5.32 Å². The number of rotatable bonds is 10. The molecule has 1 atom stereocenters. The Hall–Kier alpha value is -1.61. The highest BCUT2D eigenvalue weighted by Gasteiger charge is 2.18. The predicted molar refractivity (Wildman–Crippen MR) is 98.1 cm³/mol. The van der Waals surface area contributed by atoms with Gasteiger partial charge in [0.15, 0.2) is 11.6 Å². The van der Waals surface area contributed by atoms with Crippen molar-refractivity contribution in [3.63, 3.8) is 0 Å². The van der Waals surface area contributed by atoms with Gasteiger partial charge in [0.2, 0.25) is 0 Å². The molecule has 0 spiro atoms. The van der Waals surface area contributed by atoms with Crippen molar-refractivity contribution in [2.45, 2.75) is 53.9 Å². The van der Waals surface area contributed by atoms with Crippen molar-refractivity contribution >= 4 is 23.2 Å². The van der Waals surface area contributed by atoms with Gasteiger partial charge in [0, 0.05) is 29.8 Å². The van der Waals surface area contributed by atoms with Crippen molar-refractivity contribution in [1.29, 1.82) is 0 Å². The van der Waals surface area contributed by atoms with Gasteiger partial charge >= 0.3 is 0 Å². The van der Waals surface area contributed by atoms with Crippen LogP contribution >= 0.6 is 11.6 Å². The first-order chi connectivity index (χ1) is 10.8. The van der Waals surface area contributed by atoms with Crippen LogP contribution in [-0.2, 0) is 9.59 Å². The average Bonchev–Trinajstić information content (AvgIpc) is 2.53. The maximum absolute atomic E-state index is 12.3. The monoisotopic (exact) mass is 337 g/mol. The van der Waals surface area contributed by atoms with E-state index in [1.165, 1.54) is 6.20 Å². The van der Waals surface area contributed by atoms with Crippen LogP contribution < -0.4 is 5.32 Å². The van der Waals surface area contributed by atoms with E-state index < -0.39 is 0 Å². The highest BCUT2D eigenvalue weighted by molar-refractivity contribution is 6.32. The second-order valence-corrected chi connectivity index (χ2v) is 6.03. The van der Waals surface area contributed by atoms with Crippen molar-refractivity contribution in [3.8, 4) is 0 Å². The number of hydrogen-bond acceptors (Lipinski definition) is 3. The molecule has 0 amide bonds. The summed E-state index contributed by atoms with van der Waals surface area (Å²) in [4.78, 5) is 24.4. The van der Waals surface area contributed by atoms with E-state index >= 15 is 0 Å². The average molecular weight is 338 g/mol. The zero-order chi connectivity index (χ0) is 18.0. The molecule has 0 fully saturated rings. The standard InChI is InChI=1S/C19H28ClNO2/c1-7-10-17(20)14(5)15(6)21-12-16(18(22)9-3)19(23)11-13(4)8-2/h7,10,12-13,21H,1,8-9,11H2,2-6H3/b15-14+,16-12-,17-10+. The first kappa shape index (κ1) is 21.4. The number of allylic oxidation sites excluding steroid dienone is 6. The first-order valence-corrected chi connectivity index (χ1v) is 8.35. The molecule has 3 nitrogen and oxygen atoms in total. The van der Waals surface area contributed by atoms with Crippen LogP contribution in [0.3, 0.4) is 0 Å². The van der Waals surface area contributed by atoms with Crippen LogP contribution in [0.5, 0.6) is 0 Å². The fourth-order valence-electron chi connectivity index (χ4n) is 1.77. The summed E-state index contributed by atoms with van der Waals surface area (Å²) in [5.74, 6) is -0.000212. The SMILES string of the molecule is C=C/C=C(Cl)\C(C)=C(/C)N/C=C(/C(=O)CC)C(=O)CC(C)CC. The largest absolute Gasteiger partial charge is 0.364 e. The molecular formula is C19H28ClNO2. The Morgan fingerprint density at radius 3 is 2.30 bits per heavy atom. The number of carbonyl (C=O) groups excluding carboxylic acids is 2. The predicted octanol–water partition coefficient (Wildman–Crippen LogP) is 5.05. The number of Topliss-reactive ketones (excluding diaryl/α,β-unsaturated/α-hetero) is 2. The first-order valence-electron chi connectivity index (χ1n) is 7.97. The summed E-state index contributed by atoms with van der Waals surface area (Å²) < 4.78 is 0. The molecule has 0 aromatic rings. The molecule has 128 valence electrons. The minimum atomic E-state index is -0.149. The van der Waals surface area contributed by atoms with Crippen molar-refractivity contribution in [1.82, 2.24) is 5.32 Å². The summed E-state index contributed by atoms with van der Waals surface area (Å²) in [6, 6.07) is 0. The fourth-order valence-corrected chi connectivity index (χ4v) is 2.00. The third-order valence-electron chi connectivity index (χ3n) is 3.77. The lowest BCUT2D eigenvalue weighted by atomic mass is 9.95. The van der Waals surface area contributed by atoms with Gasteiger partial charge in [-0.2, -0.15) is 0 Å². The molecule has 23 heavy (non-hydrogen) atoms. The Labute approximate surface area is 145 Å². The summed E-state index contributed by atoms with van der Waals surface area (Å²) in [6.07, 6.45) is 6.40. The van der Waals surface area contributed by atoms with Gasteiger partial charge in [-0.05, 0) is 31.4 Å². The van der Waals surface area contributed by atoms with Crippen LogP contribution in [0.15, 0.2) is 46.8 Å². The molecule has 0 rings (SSSR count). The fraction of sp³-hybridized carbons (Fsp3) is 0.474. The van der Waals surface area contributed by atoms with Crippen LogP contribution in [0.25, 0.3) is 0 Å². The molecule has 0 aliphatic carbocycles. The smallest absolute Gasteiger partial charge is 0.168 e. The minimum Gasteiger partial charge on any atom is -0.364 e. The quantitative estimate of drug-likeness (QED) is 0.263. The summed E-state index contributed by atoms with van der Waals surface area (Å²) in [6.45, 7) is 13.1. The van der Waals surface area contributed by atoms with Gasteiger partial charge in [0.1, 0.15) is 0 Å². The molecule has 0 aliphatic heterocycles. The van der Waals surface area contributed by atoms with E-state index in [4.69, 9.17) is 11.6 Å². The van der Waals surface area contributed by atoms with E-state index in [2.05, 4.69) is 11.9 Å². The lowest BCUT2D eigenvalue weighted by Gasteiger charge is -2.11. The summed E-state index contributed by atoms with van der Waals surface area (Å²) in [5.41, 5.74) is 1.84. The van der Waals surface area contributed by atoms with Gasteiger partial charge in [-0.1, -0.05) is 51.4 Å². The molecule has 1 N–H and O–H groups in total. The second-order valence-electron chi connectivity index (χ2n) is 5.62. The summed E-state index contributed by atoms with van der Waals surface area (Å²) in [7, 11) is 0. The zero-order valence-electron chi connectivity index (χ0n) is 14.8. The normalized spacial score (nSPS) is 14.9. The molecule has 0 aromatic carbocycles. The third-order valence-corrected chi connectivity index (χ3v) is 4.18. The molecule has 0 radical (unpaired) electrons. The Bertz CT molecular complexity index is 542. The molecule has 0 saturated heterocycles. The summed E-state index contributed by atoms with van der Waals surface area (Å²) >= 11 is 6.12. The molecule has 0 heterocycles. The molecule has 0 bridgehead atoms. The molecule has 4 heteroatoms. The van der Waals surface area contributed by atoms with Gasteiger partial charge in [-0.25, -0.2) is 0 Å². The van der Waals surface area contributed by atoms with Crippen molar-refractivity contribution in [2.75, 3.05) is 0 Å². The number of ketones is 2. The topological polar surface area (TPSA) is 46.2 Å². The maximum atomic E-state index is 12.3. The van der Waals surface area contributed by atoms with E-state index in [9.17, 15) is 9.59 Å². The zero-order valence-corrected chi connectivity index (χ0v) is 15.6. The molecule has 0 aliphatic rings. The van der Waals surface area contributed by atoms with Gasteiger partial charge in [-0.3, -0.25) is 9.59 Å². The third kappa shape index (κ3) is 7.47. The summed E-state index contributed by atoms with van der Waals surface area (Å²) in [5, 5.41) is 3.59. The number of hydrogen-bond donors (Lipinski definition) is 1. The minimum absolute atomic E-state index is 0.114. The Balaban J connectivity index is 5.36. The van der Waals surface area contributed by atoms with Crippen LogP contribution in [-0.4, -0.2) is 11.6 Å². The number of halogens is 1. The van der Waals surface area contributed by atoms with E-state index in [1.807, 2.05) is 27.7 Å². The lowest BCUT2D eigenvalue weighted by Crippen LogP contribution is -2.18. The Kier molecular flexibility index (Phi) is 10.2. The van der Waals surface area contributed by atoms with E-state index in [0.717, 1.165) is 17.7 Å². The van der Waals surface area contributed by atoms with Crippen LogP contribution in [0.1, 0.15) is 53.9 Å². The van der Waals surface area contributed by atoms with Crippen molar-refractivity contribution in [2.24, 2.45) is 5.92 Å². The van der Waals surface area contributed by atoms with Crippen LogP contribution in [0, 0.1) is 5.92 Å². The van der Waals surface area contributed by atoms with Gasteiger partial charge in [-0.15, -0.1) is 0 Å². The van der Waals surface area contributed by atoms with E-state index in [-0.39, 0.29) is 23.1 Å². The number of carbonyl (C=O) groups is 2. The van der Waals surface area contributed by atoms with Gasteiger partial charge in [0.25, 0.3) is 0 Å². The van der Waals surface area contributed by atoms with E-state index in [0.29, 0.717) is 17.9 Å². The maximum Gasteiger partial charge on any atom is 0.168 e. The molecule has 0 aromatic heterocycles. The van der Waals surface area contributed by atoms with Crippen molar-refractivity contribution in [3.05, 3.63) is 46.8 Å². The lowest BCUT2D eigenvalue weighted by molar-refractivity contribution is -0.121. The molecule has 0 saturated carbocycles. The number of nitrogens with one attached hydrogen (secondary N) is 1.